The maximum absolute atomic E-state index is 12.0. The van der Waals surface area contributed by atoms with Gasteiger partial charge in [-0.15, -0.1) is 0 Å². The van der Waals surface area contributed by atoms with Crippen molar-refractivity contribution in [1.29, 1.82) is 0 Å². The van der Waals surface area contributed by atoms with Crippen molar-refractivity contribution in [2.45, 2.75) is 65.9 Å². The summed E-state index contributed by atoms with van der Waals surface area (Å²) in [5.74, 6) is 0.959. The number of hydrogen-bond acceptors (Lipinski definition) is 2. The Hall–Kier alpha value is -0.370. The second kappa shape index (κ2) is 3.57. The Bertz CT molecular complexity index is 343. The van der Waals surface area contributed by atoms with E-state index in [1.165, 1.54) is 6.42 Å². The third kappa shape index (κ3) is 1.76. The van der Waals surface area contributed by atoms with Crippen molar-refractivity contribution < 1.29 is 9.90 Å². The molecule has 0 aromatic heterocycles. The molecule has 2 aliphatic rings. The van der Waals surface area contributed by atoms with Gasteiger partial charge in [-0.25, -0.2) is 0 Å². The van der Waals surface area contributed by atoms with Gasteiger partial charge in [-0.2, -0.15) is 0 Å². The summed E-state index contributed by atoms with van der Waals surface area (Å²) in [7, 11) is 0. The predicted molar refractivity (Wildman–Crippen MR) is 68.6 cm³/mol. The van der Waals surface area contributed by atoms with Crippen molar-refractivity contribution in [2.75, 3.05) is 0 Å². The van der Waals surface area contributed by atoms with Crippen LogP contribution in [0.2, 0.25) is 0 Å². The van der Waals surface area contributed by atoms with Crippen LogP contribution in [0.4, 0.5) is 0 Å². The van der Waals surface area contributed by atoms with Gasteiger partial charge in [-0.3, -0.25) is 4.79 Å². The van der Waals surface area contributed by atoms with Crippen LogP contribution in [0.1, 0.15) is 60.3 Å². The maximum atomic E-state index is 12.0. The summed E-state index contributed by atoms with van der Waals surface area (Å²) in [6, 6.07) is 0. The lowest BCUT2D eigenvalue weighted by molar-refractivity contribution is -0.152. The normalized spacial score (nSPS) is 49.9. The number of aliphatic hydroxyl groups is 1. The molecule has 2 saturated carbocycles. The van der Waals surface area contributed by atoms with E-state index in [0.717, 1.165) is 12.8 Å². The lowest BCUT2D eigenvalue weighted by atomic mass is 9.53. The molecular weight excluding hydrogens is 212 g/mol. The van der Waals surface area contributed by atoms with Crippen LogP contribution >= 0.6 is 0 Å². The third-order valence-corrected chi connectivity index (χ3v) is 5.36. The first-order chi connectivity index (χ1) is 7.61. The van der Waals surface area contributed by atoms with Crippen molar-refractivity contribution in [3.05, 3.63) is 0 Å². The number of carbonyl (C=O) groups is 1. The molecule has 1 N–H and O–H groups in total. The van der Waals surface area contributed by atoms with E-state index in [9.17, 15) is 9.90 Å². The van der Waals surface area contributed by atoms with Crippen LogP contribution in [0.3, 0.4) is 0 Å². The molecule has 17 heavy (non-hydrogen) atoms. The lowest BCUT2D eigenvalue weighted by Gasteiger charge is -2.52. The van der Waals surface area contributed by atoms with Crippen LogP contribution in [0.25, 0.3) is 0 Å². The maximum Gasteiger partial charge on any atom is 0.164 e. The van der Waals surface area contributed by atoms with E-state index in [-0.39, 0.29) is 16.6 Å². The van der Waals surface area contributed by atoms with E-state index in [1.54, 1.807) is 6.92 Å². The fourth-order valence-corrected chi connectivity index (χ4v) is 4.81. The Kier molecular flexibility index (Phi) is 2.74. The van der Waals surface area contributed by atoms with Crippen molar-refractivity contribution in [3.8, 4) is 0 Å². The zero-order chi connectivity index (χ0) is 13.1. The molecular formula is C15H26O2. The molecule has 2 rings (SSSR count). The van der Waals surface area contributed by atoms with Gasteiger partial charge in [0.15, 0.2) is 5.78 Å². The van der Waals surface area contributed by atoms with Crippen LogP contribution < -0.4 is 0 Å². The van der Waals surface area contributed by atoms with E-state index >= 15 is 0 Å². The monoisotopic (exact) mass is 238 g/mol. The standard InChI is InChI=1S/C15H26O2/c1-10-7-13(3,4)9-15(8-10)11(2)6-12(16)14(15,5)17/h10-11,17H,6-9H2,1-5H3. The molecule has 2 heteroatoms. The Labute approximate surface area is 105 Å². The van der Waals surface area contributed by atoms with Crippen LogP contribution in [-0.2, 0) is 4.79 Å². The van der Waals surface area contributed by atoms with Crippen molar-refractivity contribution >= 4 is 5.78 Å². The molecule has 98 valence electrons. The summed E-state index contributed by atoms with van der Waals surface area (Å²) in [4.78, 5) is 12.0. The van der Waals surface area contributed by atoms with E-state index in [2.05, 4.69) is 27.7 Å². The number of ketones is 1. The number of rotatable bonds is 0. The molecule has 0 aliphatic heterocycles. The largest absolute Gasteiger partial charge is 0.382 e. The average molecular weight is 238 g/mol. The lowest BCUT2D eigenvalue weighted by Crippen LogP contribution is -2.53. The summed E-state index contributed by atoms with van der Waals surface area (Å²) in [5.41, 5.74) is -1.07. The highest BCUT2D eigenvalue weighted by Gasteiger charge is 2.63. The first-order valence-corrected chi connectivity index (χ1v) is 6.86. The topological polar surface area (TPSA) is 37.3 Å². The minimum atomic E-state index is -1.11. The smallest absolute Gasteiger partial charge is 0.164 e. The van der Waals surface area contributed by atoms with Gasteiger partial charge in [-0.05, 0) is 43.4 Å². The van der Waals surface area contributed by atoms with E-state index in [4.69, 9.17) is 0 Å². The third-order valence-electron chi connectivity index (χ3n) is 5.36. The Morgan fingerprint density at radius 1 is 1.18 bits per heavy atom. The van der Waals surface area contributed by atoms with Gasteiger partial charge < -0.3 is 5.11 Å². The van der Waals surface area contributed by atoms with E-state index in [0.29, 0.717) is 18.3 Å². The fourth-order valence-electron chi connectivity index (χ4n) is 4.81. The zero-order valence-electron chi connectivity index (χ0n) is 11.8. The van der Waals surface area contributed by atoms with Crippen molar-refractivity contribution in [3.63, 3.8) is 0 Å². The van der Waals surface area contributed by atoms with Crippen LogP contribution in [0.15, 0.2) is 0 Å². The first-order valence-electron chi connectivity index (χ1n) is 6.86. The van der Waals surface area contributed by atoms with Crippen LogP contribution in [0.5, 0.6) is 0 Å². The average Bonchev–Trinajstić information content (AvgIpc) is 2.25. The molecule has 0 amide bonds. The summed E-state index contributed by atoms with van der Waals surface area (Å²) in [6.45, 7) is 10.7. The second-order valence-corrected chi connectivity index (χ2v) is 7.61. The highest BCUT2D eigenvalue weighted by molar-refractivity contribution is 5.90. The Balaban J connectivity index is 2.43. The molecule has 0 bridgehead atoms. The number of hydrogen-bond donors (Lipinski definition) is 1. The van der Waals surface area contributed by atoms with Gasteiger partial charge >= 0.3 is 0 Å². The van der Waals surface area contributed by atoms with Crippen LogP contribution in [-0.4, -0.2) is 16.5 Å². The summed E-state index contributed by atoms with van der Waals surface area (Å²) >= 11 is 0. The molecule has 2 nitrogen and oxygen atoms in total. The zero-order valence-corrected chi connectivity index (χ0v) is 11.8. The SMILES string of the molecule is CC1CC(C)(C)CC2(C1)C(C)CC(=O)C2(C)O. The van der Waals surface area contributed by atoms with Crippen molar-refractivity contribution in [2.24, 2.45) is 22.7 Å². The fraction of sp³-hybridized carbons (Fsp3) is 0.933. The second-order valence-electron chi connectivity index (χ2n) is 7.61. The van der Waals surface area contributed by atoms with Crippen LogP contribution in [0, 0.1) is 22.7 Å². The molecule has 0 radical (unpaired) electrons. The van der Waals surface area contributed by atoms with Gasteiger partial charge in [0.1, 0.15) is 5.60 Å². The minimum absolute atomic E-state index is 0.0508. The molecule has 0 heterocycles. The summed E-state index contributed by atoms with van der Waals surface area (Å²) < 4.78 is 0. The summed E-state index contributed by atoms with van der Waals surface area (Å²) in [6.07, 6.45) is 3.72. The first kappa shape index (κ1) is 13.1. The van der Waals surface area contributed by atoms with E-state index in [1.807, 2.05) is 0 Å². The molecule has 2 fully saturated rings. The van der Waals surface area contributed by atoms with Gasteiger partial charge in [-0.1, -0.05) is 27.7 Å². The Morgan fingerprint density at radius 3 is 2.18 bits per heavy atom. The molecule has 0 aromatic carbocycles. The minimum Gasteiger partial charge on any atom is -0.382 e. The summed E-state index contributed by atoms with van der Waals surface area (Å²) in [5, 5.41) is 10.7. The van der Waals surface area contributed by atoms with Crippen molar-refractivity contribution in [1.82, 2.24) is 0 Å². The predicted octanol–water partition coefficient (Wildman–Crippen LogP) is 3.18. The Morgan fingerprint density at radius 2 is 1.76 bits per heavy atom. The number of Topliss-reactive ketones (excluding diaryl/α,β-unsaturated/α-hetero) is 1. The number of carbonyl (C=O) groups excluding carboxylic acids is 1. The van der Waals surface area contributed by atoms with Gasteiger partial charge in [0.05, 0.1) is 0 Å². The molecule has 0 aromatic rings. The highest BCUT2D eigenvalue weighted by atomic mass is 16.3. The molecule has 4 atom stereocenters. The molecule has 4 unspecified atom stereocenters. The molecule has 1 spiro atoms. The van der Waals surface area contributed by atoms with Gasteiger partial charge in [0.2, 0.25) is 0 Å². The molecule has 2 aliphatic carbocycles. The van der Waals surface area contributed by atoms with E-state index < -0.39 is 5.60 Å². The molecule has 0 saturated heterocycles. The van der Waals surface area contributed by atoms with Gasteiger partial charge in [0, 0.05) is 11.8 Å². The highest BCUT2D eigenvalue weighted by Crippen LogP contribution is 2.61. The van der Waals surface area contributed by atoms with Gasteiger partial charge in [0.25, 0.3) is 0 Å². The quantitative estimate of drug-likeness (QED) is 0.703.